The Balaban J connectivity index is 1.58. The van der Waals surface area contributed by atoms with Crippen LogP contribution in [0.3, 0.4) is 0 Å². The van der Waals surface area contributed by atoms with Crippen LogP contribution in [0.2, 0.25) is 0 Å². The summed E-state index contributed by atoms with van der Waals surface area (Å²) in [6.07, 6.45) is 3.69. The highest BCUT2D eigenvalue weighted by molar-refractivity contribution is 6.08. The number of anilines is 2. The molecule has 2 aliphatic rings. The SMILES string of the molecule is C[C@H](C(=O)O[C@H](C)C(=O)Nc1ccc(N(C)C)cc1)N1C(=O)[C@H]2CC=CC[C@H]2C1=O. The lowest BCUT2D eigenvalue weighted by Crippen LogP contribution is -2.46. The second-order valence-corrected chi connectivity index (χ2v) is 7.89. The van der Waals surface area contributed by atoms with Gasteiger partial charge in [0.1, 0.15) is 6.04 Å². The Kier molecular flexibility index (Phi) is 6.24. The molecule has 1 aliphatic heterocycles. The second-order valence-electron chi connectivity index (χ2n) is 7.89. The summed E-state index contributed by atoms with van der Waals surface area (Å²) in [6.45, 7) is 2.90. The van der Waals surface area contributed by atoms with Crippen LogP contribution >= 0.6 is 0 Å². The largest absolute Gasteiger partial charge is 0.451 e. The van der Waals surface area contributed by atoms with Gasteiger partial charge in [0.15, 0.2) is 6.10 Å². The van der Waals surface area contributed by atoms with Crippen LogP contribution in [0, 0.1) is 11.8 Å². The van der Waals surface area contributed by atoms with E-state index in [0.29, 0.717) is 18.5 Å². The molecule has 160 valence electrons. The number of hydrogen-bond acceptors (Lipinski definition) is 6. The third-order valence-electron chi connectivity index (χ3n) is 5.58. The third kappa shape index (κ3) is 4.22. The first-order valence-corrected chi connectivity index (χ1v) is 10.0. The zero-order valence-corrected chi connectivity index (χ0v) is 17.6. The highest BCUT2D eigenvalue weighted by atomic mass is 16.5. The van der Waals surface area contributed by atoms with E-state index in [-0.39, 0.29) is 11.8 Å². The summed E-state index contributed by atoms with van der Waals surface area (Å²) in [5.41, 5.74) is 1.56. The Bertz CT molecular complexity index is 851. The average Bonchev–Trinajstić information content (AvgIpc) is 2.98. The van der Waals surface area contributed by atoms with E-state index < -0.39 is 35.9 Å². The molecule has 1 fully saturated rings. The molecule has 0 aromatic heterocycles. The first kappa shape index (κ1) is 21.5. The minimum absolute atomic E-state index is 0.350. The summed E-state index contributed by atoms with van der Waals surface area (Å²) >= 11 is 0. The Hall–Kier alpha value is -3.16. The highest BCUT2D eigenvalue weighted by Gasteiger charge is 2.50. The third-order valence-corrected chi connectivity index (χ3v) is 5.58. The predicted molar refractivity (Wildman–Crippen MR) is 112 cm³/mol. The van der Waals surface area contributed by atoms with Gasteiger partial charge in [0.05, 0.1) is 11.8 Å². The van der Waals surface area contributed by atoms with Gasteiger partial charge in [-0.1, -0.05) is 12.2 Å². The number of benzene rings is 1. The van der Waals surface area contributed by atoms with Gasteiger partial charge in [0, 0.05) is 25.5 Å². The van der Waals surface area contributed by atoms with Crippen molar-refractivity contribution < 1.29 is 23.9 Å². The molecule has 0 bridgehead atoms. The number of likely N-dealkylation sites (tertiary alicyclic amines) is 1. The summed E-state index contributed by atoms with van der Waals surface area (Å²) in [6, 6.07) is 6.13. The lowest BCUT2D eigenvalue weighted by atomic mass is 9.85. The number of allylic oxidation sites excluding steroid dienone is 2. The van der Waals surface area contributed by atoms with Gasteiger partial charge in [-0.2, -0.15) is 0 Å². The summed E-state index contributed by atoms with van der Waals surface area (Å²) in [5.74, 6) is -2.81. The number of rotatable bonds is 6. The normalized spacial score (nSPS) is 22.3. The molecule has 8 nitrogen and oxygen atoms in total. The Morgan fingerprint density at radius 3 is 2.07 bits per heavy atom. The molecule has 1 aliphatic carbocycles. The van der Waals surface area contributed by atoms with Crippen molar-refractivity contribution in [2.45, 2.75) is 38.8 Å². The molecule has 1 saturated heterocycles. The van der Waals surface area contributed by atoms with E-state index >= 15 is 0 Å². The molecule has 3 amide bonds. The fourth-order valence-corrected chi connectivity index (χ4v) is 3.73. The first-order chi connectivity index (χ1) is 14.2. The van der Waals surface area contributed by atoms with Crippen molar-refractivity contribution in [3.63, 3.8) is 0 Å². The molecule has 0 saturated carbocycles. The minimum Gasteiger partial charge on any atom is -0.451 e. The average molecular weight is 413 g/mol. The summed E-state index contributed by atoms with van der Waals surface area (Å²) in [7, 11) is 3.83. The number of carbonyl (C=O) groups is 4. The van der Waals surface area contributed by atoms with Crippen molar-refractivity contribution in [1.82, 2.24) is 4.90 Å². The zero-order chi connectivity index (χ0) is 22.0. The van der Waals surface area contributed by atoms with Crippen LogP contribution in [0.15, 0.2) is 36.4 Å². The minimum atomic E-state index is -1.08. The number of fused-ring (bicyclic) bond motifs is 1. The van der Waals surface area contributed by atoms with Crippen molar-refractivity contribution in [1.29, 1.82) is 0 Å². The van der Waals surface area contributed by atoms with Gasteiger partial charge in [-0.15, -0.1) is 0 Å². The van der Waals surface area contributed by atoms with E-state index in [9.17, 15) is 19.2 Å². The van der Waals surface area contributed by atoms with Gasteiger partial charge < -0.3 is 15.0 Å². The standard InChI is InChI=1S/C22H27N3O5/c1-13(25-20(27)17-7-5-6-8-18(17)21(25)28)22(29)30-14(2)19(26)23-15-9-11-16(12-10-15)24(3)4/h5-6,9-14,17-18H,7-8H2,1-4H3,(H,23,26)/t13-,14-,17-,18+/m1/s1. The van der Waals surface area contributed by atoms with Gasteiger partial charge >= 0.3 is 5.97 Å². The van der Waals surface area contributed by atoms with Crippen molar-refractivity contribution in [2.24, 2.45) is 11.8 Å². The zero-order valence-electron chi connectivity index (χ0n) is 17.6. The number of nitrogens with one attached hydrogen (secondary N) is 1. The van der Waals surface area contributed by atoms with Crippen LogP contribution in [-0.2, 0) is 23.9 Å². The van der Waals surface area contributed by atoms with Crippen LogP contribution in [0.25, 0.3) is 0 Å². The van der Waals surface area contributed by atoms with Crippen molar-refractivity contribution >= 4 is 35.1 Å². The summed E-state index contributed by atoms with van der Waals surface area (Å²) < 4.78 is 5.25. The van der Waals surface area contributed by atoms with E-state index in [0.717, 1.165) is 10.6 Å². The molecule has 0 radical (unpaired) electrons. The first-order valence-electron chi connectivity index (χ1n) is 10.0. The van der Waals surface area contributed by atoms with E-state index in [4.69, 9.17) is 4.74 Å². The monoisotopic (exact) mass is 413 g/mol. The van der Waals surface area contributed by atoms with E-state index in [2.05, 4.69) is 5.32 Å². The Morgan fingerprint density at radius 1 is 1.03 bits per heavy atom. The van der Waals surface area contributed by atoms with Gasteiger partial charge in [0.25, 0.3) is 5.91 Å². The number of esters is 1. The maximum atomic E-state index is 12.6. The Labute approximate surface area is 175 Å². The molecule has 0 unspecified atom stereocenters. The molecular formula is C22H27N3O5. The smallest absolute Gasteiger partial charge is 0.329 e. The maximum Gasteiger partial charge on any atom is 0.329 e. The lowest BCUT2D eigenvalue weighted by Gasteiger charge is -2.23. The highest BCUT2D eigenvalue weighted by Crippen LogP contribution is 2.36. The van der Waals surface area contributed by atoms with Crippen molar-refractivity contribution in [3.8, 4) is 0 Å². The maximum absolute atomic E-state index is 12.6. The number of imide groups is 1. The molecule has 0 spiro atoms. The van der Waals surface area contributed by atoms with Crippen LogP contribution in [0.4, 0.5) is 11.4 Å². The number of nitrogens with zero attached hydrogens (tertiary/aromatic N) is 2. The molecule has 1 heterocycles. The van der Waals surface area contributed by atoms with Gasteiger partial charge in [0.2, 0.25) is 11.8 Å². The molecule has 1 aromatic rings. The molecule has 30 heavy (non-hydrogen) atoms. The molecular weight excluding hydrogens is 386 g/mol. The molecule has 1 aromatic carbocycles. The quantitative estimate of drug-likeness (QED) is 0.435. The topological polar surface area (TPSA) is 96.0 Å². The predicted octanol–water partition coefficient (Wildman–Crippen LogP) is 1.96. The number of amides is 3. The van der Waals surface area contributed by atoms with Crippen molar-refractivity contribution in [2.75, 3.05) is 24.3 Å². The van der Waals surface area contributed by atoms with Gasteiger partial charge in [-0.3, -0.25) is 19.3 Å². The molecule has 3 rings (SSSR count). The van der Waals surface area contributed by atoms with E-state index in [1.54, 1.807) is 12.1 Å². The van der Waals surface area contributed by atoms with E-state index in [1.807, 2.05) is 43.3 Å². The Morgan fingerprint density at radius 2 is 1.57 bits per heavy atom. The molecule has 1 N–H and O–H groups in total. The molecule has 8 heteroatoms. The van der Waals surface area contributed by atoms with Crippen LogP contribution in [0.1, 0.15) is 26.7 Å². The fraction of sp³-hybridized carbons (Fsp3) is 0.455. The lowest BCUT2D eigenvalue weighted by molar-refractivity contribution is -0.163. The van der Waals surface area contributed by atoms with E-state index in [1.165, 1.54) is 13.8 Å². The molecule has 4 atom stereocenters. The van der Waals surface area contributed by atoms with Crippen LogP contribution in [-0.4, -0.2) is 54.8 Å². The van der Waals surface area contributed by atoms with Gasteiger partial charge in [-0.05, 0) is 51.0 Å². The number of ether oxygens (including phenoxy) is 1. The van der Waals surface area contributed by atoms with Gasteiger partial charge in [-0.25, -0.2) is 4.79 Å². The second kappa shape index (κ2) is 8.69. The number of carbonyl (C=O) groups excluding carboxylic acids is 4. The van der Waals surface area contributed by atoms with Crippen LogP contribution < -0.4 is 10.2 Å². The van der Waals surface area contributed by atoms with Crippen LogP contribution in [0.5, 0.6) is 0 Å². The number of hydrogen-bond donors (Lipinski definition) is 1. The van der Waals surface area contributed by atoms with Crippen molar-refractivity contribution in [3.05, 3.63) is 36.4 Å². The summed E-state index contributed by atoms with van der Waals surface area (Å²) in [4.78, 5) is 53.1. The summed E-state index contributed by atoms with van der Waals surface area (Å²) in [5, 5.41) is 2.69. The fourth-order valence-electron chi connectivity index (χ4n) is 3.73.